The van der Waals surface area contributed by atoms with Gasteiger partial charge in [-0.1, -0.05) is 12.0 Å². The minimum atomic E-state index is -0.833. The highest BCUT2D eigenvalue weighted by Gasteiger charge is 2.34. The van der Waals surface area contributed by atoms with E-state index in [1.54, 1.807) is 6.20 Å². The molecule has 0 aromatic carbocycles. The van der Waals surface area contributed by atoms with E-state index in [1.807, 2.05) is 25.4 Å². The van der Waals surface area contributed by atoms with Crippen molar-refractivity contribution in [2.75, 3.05) is 20.1 Å². The van der Waals surface area contributed by atoms with E-state index < -0.39 is 12.2 Å². The molecule has 1 fully saturated rings. The molecule has 24 heavy (non-hydrogen) atoms. The first kappa shape index (κ1) is 18.4. The molecule has 0 unspecified atom stereocenters. The summed E-state index contributed by atoms with van der Waals surface area (Å²) in [6.45, 7) is 1.80. The molecule has 130 valence electrons. The van der Waals surface area contributed by atoms with Gasteiger partial charge in [0.05, 0.1) is 18.8 Å². The number of amides is 1. The molecule has 2 rings (SSSR count). The van der Waals surface area contributed by atoms with E-state index in [0.717, 1.165) is 31.5 Å². The lowest BCUT2D eigenvalue weighted by Gasteiger charge is -2.33. The molecule has 0 saturated carbocycles. The van der Waals surface area contributed by atoms with Crippen molar-refractivity contribution in [1.29, 1.82) is 0 Å². The van der Waals surface area contributed by atoms with E-state index in [2.05, 4.69) is 21.1 Å². The number of nitrogens with zero attached hydrogens (tertiary/aromatic N) is 2. The summed E-state index contributed by atoms with van der Waals surface area (Å²) >= 11 is 0. The van der Waals surface area contributed by atoms with Crippen LogP contribution < -0.4 is 5.32 Å². The molecule has 1 saturated heterocycles. The molecule has 1 aromatic rings. The number of aliphatic hydroxyl groups is 1. The van der Waals surface area contributed by atoms with Crippen LogP contribution in [0.25, 0.3) is 0 Å². The number of ether oxygens (including phenoxy) is 1. The lowest BCUT2D eigenvalue weighted by atomic mass is 9.98. The van der Waals surface area contributed by atoms with Crippen LogP contribution in [-0.2, 0) is 16.1 Å². The van der Waals surface area contributed by atoms with Crippen molar-refractivity contribution in [3.63, 3.8) is 0 Å². The molecule has 0 bridgehead atoms. The minimum absolute atomic E-state index is 0.0358. The van der Waals surface area contributed by atoms with Gasteiger partial charge in [0.2, 0.25) is 0 Å². The number of terminal acetylenes is 1. The molecule has 0 aliphatic carbocycles. The molecule has 1 aromatic heterocycles. The van der Waals surface area contributed by atoms with E-state index >= 15 is 0 Å². The van der Waals surface area contributed by atoms with E-state index in [9.17, 15) is 9.90 Å². The Morgan fingerprint density at radius 3 is 3.12 bits per heavy atom. The Balaban J connectivity index is 1.78. The molecular formula is C18H25N3O3. The third kappa shape index (κ3) is 5.60. The summed E-state index contributed by atoms with van der Waals surface area (Å²) in [6.07, 6.45) is 9.23. The fourth-order valence-electron chi connectivity index (χ4n) is 2.81. The van der Waals surface area contributed by atoms with Crippen molar-refractivity contribution in [3.05, 3.63) is 30.1 Å². The molecule has 6 heteroatoms. The zero-order valence-corrected chi connectivity index (χ0v) is 14.0. The van der Waals surface area contributed by atoms with Gasteiger partial charge in [-0.05, 0) is 37.9 Å². The summed E-state index contributed by atoms with van der Waals surface area (Å²) in [5.41, 5.74) is 1.16. The molecule has 1 amide bonds. The number of carbonyl (C=O) groups excluding carboxylic acids is 1. The highest BCUT2D eigenvalue weighted by molar-refractivity contribution is 5.81. The number of aliphatic hydroxyl groups excluding tert-OH is 1. The highest BCUT2D eigenvalue weighted by Crippen LogP contribution is 2.22. The number of aromatic nitrogens is 1. The van der Waals surface area contributed by atoms with Crippen molar-refractivity contribution in [3.8, 4) is 12.3 Å². The Hall–Kier alpha value is -1.94. The summed E-state index contributed by atoms with van der Waals surface area (Å²) in [6, 6.07) is 3.97. The van der Waals surface area contributed by atoms with Gasteiger partial charge in [0.15, 0.2) is 6.10 Å². The SMILES string of the molecule is C#CCNC(=O)[C@H]1O[C@@H](CCN(C)Cc2cccnc2)CC[C@@H]1O. The van der Waals surface area contributed by atoms with E-state index in [4.69, 9.17) is 11.2 Å². The maximum absolute atomic E-state index is 12.0. The second-order valence-corrected chi connectivity index (χ2v) is 6.13. The Kier molecular flexibility index (Phi) is 7.19. The van der Waals surface area contributed by atoms with Crippen molar-refractivity contribution in [1.82, 2.24) is 15.2 Å². The standard InChI is InChI=1S/C18H25N3O3/c1-3-9-20-18(23)17-16(22)7-6-15(24-17)8-11-21(2)13-14-5-4-10-19-12-14/h1,4-5,10,12,15-17,22H,6-9,11,13H2,2H3,(H,20,23)/t15-,16+,17+/m1/s1. The fraction of sp³-hybridized carbons (Fsp3) is 0.556. The van der Waals surface area contributed by atoms with Crippen LogP contribution in [0, 0.1) is 12.3 Å². The fourth-order valence-corrected chi connectivity index (χ4v) is 2.81. The van der Waals surface area contributed by atoms with Crippen LogP contribution in [-0.4, -0.2) is 59.3 Å². The first-order valence-electron chi connectivity index (χ1n) is 8.22. The molecule has 1 aliphatic rings. The van der Waals surface area contributed by atoms with Gasteiger partial charge in [0, 0.05) is 25.5 Å². The summed E-state index contributed by atoms with van der Waals surface area (Å²) in [7, 11) is 2.04. The second kappa shape index (κ2) is 9.38. The molecule has 2 heterocycles. The van der Waals surface area contributed by atoms with Gasteiger partial charge in [-0.3, -0.25) is 9.78 Å². The molecule has 0 spiro atoms. The summed E-state index contributed by atoms with van der Waals surface area (Å²) in [5.74, 6) is 2.01. The van der Waals surface area contributed by atoms with E-state index in [-0.39, 0.29) is 18.6 Å². The molecule has 6 nitrogen and oxygen atoms in total. The van der Waals surface area contributed by atoms with Crippen LogP contribution in [0.4, 0.5) is 0 Å². The van der Waals surface area contributed by atoms with Crippen LogP contribution in [0.3, 0.4) is 0 Å². The number of carbonyl (C=O) groups is 1. The lowest BCUT2D eigenvalue weighted by Crippen LogP contribution is -2.49. The lowest BCUT2D eigenvalue weighted by molar-refractivity contribution is -0.158. The topological polar surface area (TPSA) is 74.7 Å². The van der Waals surface area contributed by atoms with E-state index in [0.29, 0.717) is 6.42 Å². The largest absolute Gasteiger partial charge is 0.390 e. The monoisotopic (exact) mass is 331 g/mol. The summed E-state index contributed by atoms with van der Waals surface area (Å²) < 4.78 is 5.79. The van der Waals surface area contributed by atoms with Gasteiger partial charge in [-0.25, -0.2) is 0 Å². The average molecular weight is 331 g/mol. The average Bonchev–Trinajstić information content (AvgIpc) is 2.59. The van der Waals surface area contributed by atoms with Gasteiger partial charge in [-0.2, -0.15) is 0 Å². The Morgan fingerprint density at radius 1 is 1.58 bits per heavy atom. The van der Waals surface area contributed by atoms with Crippen molar-refractivity contribution in [2.45, 2.75) is 44.1 Å². The summed E-state index contributed by atoms with van der Waals surface area (Å²) in [5, 5.41) is 12.5. The molecule has 2 N–H and O–H groups in total. The Morgan fingerprint density at radius 2 is 2.42 bits per heavy atom. The van der Waals surface area contributed by atoms with Gasteiger partial charge in [0.25, 0.3) is 5.91 Å². The molecule has 1 aliphatic heterocycles. The zero-order valence-electron chi connectivity index (χ0n) is 14.0. The first-order chi connectivity index (χ1) is 11.6. The van der Waals surface area contributed by atoms with E-state index in [1.165, 1.54) is 0 Å². The number of hydrogen-bond acceptors (Lipinski definition) is 5. The molecular weight excluding hydrogens is 306 g/mol. The minimum Gasteiger partial charge on any atom is -0.390 e. The van der Waals surface area contributed by atoms with Gasteiger partial charge < -0.3 is 20.1 Å². The van der Waals surface area contributed by atoms with Crippen molar-refractivity contribution in [2.24, 2.45) is 0 Å². The van der Waals surface area contributed by atoms with Crippen LogP contribution in [0.1, 0.15) is 24.8 Å². The maximum Gasteiger partial charge on any atom is 0.252 e. The third-order valence-electron chi connectivity index (χ3n) is 4.10. The van der Waals surface area contributed by atoms with Gasteiger partial charge in [-0.15, -0.1) is 6.42 Å². The van der Waals surface area contributed by atoms with Crippen molar-refractivity contribution < 1.29 is 14.6 Å². The second-order valence-electron chi connectivity index (χ2n) is 6.13. The molecule has 0 radical (unpaired) electrons. The predicted octanol–water partition coefficient (Wildman–Crippen LogP) is 0.561. The zero-order chi connectivity index (χ0) is 17.4. The number of nitrogens with one attached hydrogen (secondary N) is 1. The van der Waals surface area contributed by atoms with Gasteiger partial charge >= 0.3 is 0 Å². The number of hydrogen-bond donors (Lipinski definition) is 2. The van der Waals surface area contributed by atoms with Gasteiger partial charge in [0.1, 0.15) is 0 Å². The van der Waals surface area contributed by atoms with Crippen LogP contribution in [0.5, 0.6) is 0 Å². The molecule has 3 atom stereocenters. The third-order valence-corrected chi connectivity index (χ3v) is 4.10. The first-order valence-corrected chi connectivity index (χ1v) is 8.22. The Bertz CT molecular complexity index is 558. The predicted molar refractivity (Wildman–Crippen MR) is 90.9 cm³/mol. The normalized spacial score (nSPS) is 23.7. The quantitative estimate of drug-likeness (QED) is 0.714. The van der Waals surface area contributed by atoms with Crippen LogP contribution in [0.15, 0.2) is 24.5 Å². The van der Waals surface area contributed by atoms with Crippen LogP contribution in [0.2, 0.25) is 0 Å². The van der Waals surface area contributed by atoms with Crippen molar-refractivity contribution >= 4 is 5.91 Å². The number of rotatable bonds is 7. The Labute approximate surface area is 143 Å². The highest BCUT2D eigenvalue weighted by atomic mass is 16.5. The smallest absolute Gasteiger partial charge is 0.252 e. The summed E-state index contributed by atoms with van der Waals surface area (Å²) in [4.78, 5) is 18.3. The number of pyridine rings is 1. The van der Waals surface area contributed by atoms with Crippen LogP contribution >= 0.6 is 0 Å². The maximum atomic E-state index is 12.0.